The third-order valence-electron chi connectivity index (χ3n) is 9.45. The first kappa shape index (κ1) is 28.8. The average Bonchev–Trinajstić information content (AvgIpc) is 3.52. The second-order valence-electron chi connectivity index (χ2n) is 12.4. The molecule has 0 N–H and O–H groups in total. The lowest BCUT2D eigenvalue weighted by Gasteiger charge is -2.27. The fraction of sp³-hybridized carbons (Fsp3) is 0.0444. The molecule has 0 spiro atoms. The topological polar surface area (TPSA) is 41.9 Å². The zero-order valence-corrected chi connectivity index (χ0v) is 26.8. The number of nitrogens with zero attached hydrogens (tertiary/aromatic N) is 4. The molecule has 0 bridgehead atoms. The Hall–Kier alpha value is -6.39. The maximum Gasteiger partial charge on any atom is 0.234 e. The van der Waals surface area contributed by atoms with Crippen LogP contribution in [0.2, 0.25) is 0 Å². The second-order valence-corrected chi connectivity index (χ2v) is 12.4. The summed E-state index contributed by atoms with van der Waals surface area (Å²) in [7, 11) is 0. The van der Waals surface area contributed by atoms with Gasteiger partial charge in [0.05, 0.1) is 11.7 Å². The molecule has 0 saturated heterocycles. The highest BCUT2D eigenvalue weighted by Gasteiger charge is 2.37. The molecule has 0 radical (unpaired) electrons. The Labute approximate surface area is 286 Å². The highest BCUT2D eigenvalue weighted by Crippen LogP contribution is 2.48. The molecule has 232 valence electrons. The molecule has 0 fully saturated rings. The van der Waals surface area contributed by atoms with Crippen molar-refractivity contribution < 1.29 is 0 Å². The van der Waals surface area contributed by atoms with Crippen LogP contribution in [0.25, 0.3) is 61.7 Å². The minimum Gasteiger partial charge on any atom is -0.302 e. The van der Waals surface area contributed by atoms with Gasteiger partial charge in [-0.25, -0.2) is 4.98 Å². The third-order valence-corrected chi connectivity index (χ3v) is 9.45. The van der Waals surface area contributed by atoms with Gasteiger partial charge in [0.25, 0.3) is 0 Å². The van der Waals surface area contributed by atoms with Gasteiger partial charge in [0, 0.05) is 16.7 Å². The largest absolute Gasteiger partial charge is 0.302 e. The van der Waals surface area contributed by atoms with E-state index < -0.39 is 0 Å². The van der Waals surface area contributed by atoms with Crippen LogP contribution < -0.4 is 4.90 Å². The first-order valence-corrected chi connectivity index (χ1v) is 16.7. The summed E-state index contributed by atoms with van der Waals surface area (Å²) < 4.78 is 0. The van der Waals surface area contributed by atoms with E-state index in [4.69, 9.17) is 15.0 Å². The fourth-order valence-corrected chi connectivity index (χ4v) is 7.05. The van der Waals surface area contributed by atoms with Crippen LogP contribution in [0.4, 0.5) is 11.6 Å². The zero-order valence-electron chi connectivity index (χ0n) is 26.8. The van der Waals surface area contributed by atoms with Crippen molar-refractivity contribution in [1.82, 2.24) is 15.0 Å². The van der Waals surface area contributed by atoms with E-state index in [1.807, 2.05) is 24.3 Å². The molecule has 7 aromatic rings. The van der Waals surface area contributed by atoms with E-state index in [-0.39, 0.29) is 6.04 Å². The molecular weight excluding hydrogens is 597 g/mol. The van der Waals surface area contributed by atoms with E-state index in [1.54, 1.807) is 0 Å². The fourth-order valence-electron chi connectivity index (χ4n) is 7.05. The van der Waals surface area contributed by atoms with Gasteiger partial charge in [0.2, 0.25) is 5.95 Å². The van der Waals surface area contributed by atoms with Gasteiger partial charge in [-0.15, -0.1) is 0 Å². The van der Waals surface area contributed by atoms with Crippen molar-refractivity contribution in [3.05, 3.63) is 182 Å². The van der Waals surface area contributed by atoms with Crippen LogP contribution in [0.15, 0.2) is 176 Å². The number of benzene rings is 6. The number of allylic oxidation sites excluding steroid dienone is 2. The van der Waals surface area contributed by atoms with Gasteiger partial charge >= 0.3 is 0 Å². The third kappa shape index (κ3) is 5.34. The minimum atomic E-state index is 0.0824. The Balaban J connectivity index is 1.20. The number of hydrogen-bond acceptors (Lipinski definition) is 4. The van der Waals surface area contributed by atoms with Crippen LogP contribution in [-0.2, 0) is 0 Å². The number of fused-ring (bicyclic) bond motifs is 3. The predicted molar refractivity (Wildman–Crippen MR) is 201 cm³/mol. The van der Waals surface area contributed by atoms with Gasteiger partial charge in [0.15, 0.2) is 11.6 Å². The molecular formula is C45H32N4. The molecule has 1 aliphatic carbocycles. The van der Waals surface area contributed by atoms with Gasteiger partial charge in [0.1, 0.15) is 0 Å². The summed E-state index contributed by atoms with van der Waals surface area (Å²) in [5.41, 5.74) is 12.6. The SMILES string of the molecule is C1=CCC2C(=C1)c1ccc(-c3ccccc3-c3ccccc3)cc1N2c1nc(-c2ccccc2)nc(-c2ccc(-c3ccccc3)cc2)n1. The standard InChI is InChI=1S/C45H32N4/c1-4-14-31(15-5-1)32-24-26-35(27-25-32)44-46-43(34-18-8-3-9-19-34)47-45(48-44)49-41-23-13-12-22-39(41)40-29-28-36(30-42(40)49)38-21-11-10-20-37(38)33-16-6-2-7-17-33/h1-22,24-30,41H,23H2. The van der Waals surface area contributed by atoms with Crippen LogP contribution in [0.1, 0.15) is 12.0 Å². The molecule has 0 amide bonds. The van der Waals surface area contributed by atoms with Crippen LogP contribution in [0.3, 0.4) is 0 Å². The minimum absolute atomic E-state index is 0.0824. The van der Waals surface area contributed by atoms with E-state index in [9.17, 15) is 0 Å². The van der Waals surface area contributed by atoms with Crippen molar-refractivity contribution in [1.29, 1.82) is 0 Å². The summed E-state index contributed by atoms with van der Waals surface area (Å²) in [4.78, 5) is 17.8. The molecule has 1 aliphatic heterocycles. The summed E-state index contributed by atoms with van der Waals surface area (Å²) in [5, 5.41) is 0. The molecule has 1 aromatic heterocycles. The smallest absolute Gasteiger partial charge is 0.234 e. The zero-order chi connectivity index (χ0) is 32.6. The Kier molecular flexibility index (Phi) is 7.25. The number of anilines is 2. The van der Waals surface area contributed by atoms with E-state index >= 15 is 0 Å². The molecule has 4 nitrogen and oxygen atoms in total. The normalized spacial score (nSPS) is 14.7. The van der Waals surface area contributed by atoms with Crippen LogP contribution in [-0.4, -0.2) is 21.0 Å². The van der Waals surface area contributed by atoms with E-state index in [0.29, 0.717) is 17.6 Å². The maximum atomic E-state index is 5.22. The van der Waals surface area contributed by atoms with Gasteiger partial charge in [-0.3, -0.25) is 0 Å². The predicted octanol–water partition coefficient (Wildman–Crippen LogP) is 11.1. The van der Waals surface area contributed by atoms with Crippen LogP contribution in [0.5, 0.6) is 0 Å². The summed E-state index contributed by atoms with van der Waals surface area (Å²) in [6.07, 6.45) is 7.51. The van der Waals surface area contributed by atoms with Crippen molar-refractivity contribution in [3.63, 3.8) is 0 Å². The van der Waals surface area contributed by atoms with Gasteiger partial charge < -0.3 is 4.90 Å². The first-order valence-electron chi connectivity index (χ1n) is 16.7. The van der Waals surface area contributed by atoms with Crippen LogP contribution >= 0.6 is 0 Å². The van der Waals surface area contributed by atoms with E-state index in [2.05, 4.69) is 157 Å². The molecule has 2 aliphatic rings. The Morgan fingerprint density at radius 2 is 0.959 bits per heavy atom. The first-order chi connectivity index (χ1) is 24.3. The molecule has 1 unspecified atom stereocenters. The lowest BCUT2D eigenvalue weighted by molar-refractivity contribution is 0.798. The van der Waals surface area contributed by atoms with Crippen molar-refractivity contribution in [2.45, 2.75) is 12.5 Å². The Bertz CT molecular complexity index is 2340. The second kappa shape index (κ2) is 12.3. The van der Waals surface area contributed by atoms with Gasteiger partial charge in [-0.2, -0.15) is 9.97 Å². The summed E-state index contributed by atoms with van der Waals surface area (Å²) in [6.45, 7) is 0. The van der Waals surface area contributed by atoms with Gasteiger partial charge in [-0.05, 0) is 51.4 Å². The van der Waals surface area contributed by atoms with Crippen molar-refractivity contribution in [3.8, 4) is 56.2 Å². The summed E-state index contributed by atoms with van der Waals surface area (Å²) in [6, 6.07) is 55.3. The lowest BCUT2D eigenvalue weighted by atomic mass is 9.92. The highest BCUT2D eigenvalue weighted by molar-refractivity contribution is 5.95. The van der Waals surface area contributed by atoms with Crippen molar-refractivity contribution >= 4 is 17.2 Å². The van der Waals surface area contributed by atoms with E-state index in [0.717, 1.165) is 34.4 Å². The average molecular weight is 629 g/mol. The number of hydrogen-bond donors (Lipinski definition) is 0. The molecule has 0 saturated carbocycles. The van der Waals surface area contributed by atoms with Crippen LogP contribution in [0, 0.1) is 0 Å². The Morgan fingerprint density at radius 3 is 1.63 bits per heavy atom. The molecule has 4 heteroatoms. The molecule has 1 atom stereocenters. The summed E-state index contributed by atoms with van der Waals surface area (Å²) >= 11 is 0. The van der Waals surface area contributed by atoms with Gasteiger partial charge in [-0.1, -0.05) is 170 Å². The quantitative estimate of drug-likeness (QED) is 0.184. The molecule has 6 aromatic carbocycles. The lowest BCUT2D eigenvalue weighted by Crippen LogP contribution is -2.29. The van der Waals surface area contributed by atoms with Crippen molar-refractivity contribution in [2.24, 2.45) is 0 Å². The monoisotopic (exact) mass is 628 g/mol. The molecule has 2 heterocycles. The van der Waals surface area contributed by atoms with Crippen molar-refractivity contribution in [2.75, 3.05) is 4.90 Å². The Morgan fingerprint density at radius 1 is 0.449 bits per heavy atom. The number of rotatable bonds is 6. The number of aromatic nitrogens is 3. The van der Waals surface area contributed by atoms with E-state index in [1.165, 1.54) is 33.4 Å². The molecule has 49 heavy (non-hydrogen) atoms. The maximum absolute atomic E-state index is 5.22. The molecule has 9 rings (SSSR count). The highest BCUT2D eigenvalue weighted by atomic mass is 15.3. The summed E-state index contributed by atoms with van der Waals surface area (Å²) in [5.74, 6) is 1.96.